The van der Waals surface area contributed by atoms with E-state index in [-0.39, 0.29) is 5.41 Å². The van der Waals surface area contributed by atoms with E-state index in [0.717, 1.165) is 25.3 Å². The van der Waals surface area contributed by atoms with Crippen LogP contribution >= 0.6 is 0 Å². The molecule has 1 aliphatic rings. The number of aromatic amines is 1. The molecule has 1 fully saturated rings. The average molecular weight is 326 g/mol. The molecule has 24 heavy (non-hydrogen) atoms. The Labute approximate surface area is 145 Å². The Hall–Kier alpha value is -1.81. The largest absolute Gasteiger partial charge is 0.371 e. The van der Waals surface area contributed by atoms with Gasteiger partial charge in [-0.05, 0) is 38.0 Å². The zero-order valence-electron chi connectivity index (χ0n) is 15.4. The molecule has 4 heteroatoms. The van der Waals surface area contributed by atoms with E-state index in [1.807, 2.05) is 0 Å². The quantitative estimate of drug-likeness (QED) is 0.899. The highest BCUT2D eigenvalue weighted by Gasteiger charge is 2.20. The monoisotopic (exact) mass is 326 g/mol. The van der Waals surface area contributed by atoms with E-state index in [1.54, 1.807) is 0 Å². The Kier molecular flexibility index (Phi) is 4.95. The van der Waals surface area contributed by atoms with Crippen LogP contribution in [-0.2, 0) is 12.0 Å². The first-order valence-corrected chi connectivity index (χ1v) is 9.01. The van der Waals surface area contributed by atoms with Gasteiger partial charge in [-0.1, -0.05) is 38.5 Å². The first-order valence-electron chi connectivity index (χ1n) is 9.01. The van der Waals surface area contributed by atoms with Crippen LogP contribution in [0.3, 0.4) is 0 Å². The fraction of sp³-hybridized carbons (Fsp3) is 0.550. The van der Waals surface area contributed by atoms with Gasteiger partial charge in [0.05, 0.1) is 5.69 Å². The molecule has 4 nitrogen and oxygen atoms in total. The van der Waals surface area contributed by atoms with Crippen LogP contribution in [-0.4, -0.2) is 29.3 Å². The number of aryl methyl sites for hydroxylation is 1. The molecular formula is C20H30N4. The second-order valence-electron chi connectivity index (χ2n) is 8.01. The number of hydrogen-bond donors (Lipinski definition) is 2. The molecule has 0 spiro atoms. The van der Waals surface area contributed by atoms with E-state index >= 15 is 0 Å². The molecule has 1 aliphatic heterocycles. The van der Waals surface area contributed by atoms with E-state index < -0.39 is 0 Å². The fourth-order valence-corrected chi connectivity index (χ4v) is 3.19. The Balaban J connectivity index is 1.47. The maximum Gasteiger partial charge on any atom is 0.0678 e. The van der Waals surface area contributed by atoms with Gasteiger partial charge in [-0.25, -0.2) is 0 Å². The van der Waals surface area contributed by atoms with Gasteiger partial charge in [-0.2, -0.15) is 5.10 Å². The topological polar surface area (TPSA) is 44.0 Å². The summed E-state index contributed by atoms with van der Waals surface area (Å²) in [6, 6.07) is 11.7. The zero-order valence-corrected chi connectivity index (χ0v) is 15.4. The van der Waals surface area contributed by atoms with E-state index in [9.17, 15) is 0 Å². The Morgan fingerprint density at radius 2 is 1.83 bits per heavy atom. The molecule has 2 aromatic rings. The normalized spacial score (nSPS) is 16.6. The van der Waals surface area contributed by atoms with Gasteiger partial charge < -0.3 is 10.2 Å². The zero-order chi connectivity index (χ0) is 17.2. The van der Waals surface area contributed by atoms with Gasteiger partial charge in [-0.3, -0.25) is 5.10 Å². The third kappa shape index (κ3) is 4.18. The van der Waals surface area contributed by atoms with Crippen molar-refractivity contribution in [2.24, 2.45) is 0 Å². The summed E-state index contributed by atoms with van der Waals surface area (Å²) in [5, 5.41) is 11.3. The number of hydrogen-bond acceptors (Lipinski definition) is 3. The van der Waals surface area contributed by atoms with Crippen molar-refractivity contribution in [1.82, 2.24) is 15.5 Å². The molecule has 0 amide bonds. The van der Waals surface area contributed by atoms with Crippen molar-refractivity contribution in [2.75, 3.05) is 18.0 Å². The number of rotatable bonds is 4. The van der Waals surface area contributed by atoms with Crippen molar-refractivity contribution < 1.29 is 0 Å². The Morgan fingerprint density at radius 3 is 2.42 bits per heavy atom. The number of nitrogens with one attached hydrogen (secondary N) is 2. The van der Waals surface area contributed by atoms with Crippen molar-refractivity contribution in [2.45, 2.75) is 58.5 Å². The predicted molar refractivity (Wildman–Crippen MR) is 101 cm³/mol. The summed E-state index contributed by atoms with van der Waals surface area (Å²) >= 11 is 0. The first kappa shape index (κ1) is 17.0. The van der Waals surface area contributed by atoms with Crippen LogP contribution in [0, 0.1) is 6.92 Å². The predicted octanol–water partition coefficient (Wildman–Crippen LogP) is 3.77. The van der Waals surface area contributed by atoms with Gasteiger partial charge in [0.15, 0.2) is 0 Å². The first-order chi connectivity index (χ1) is 11.4. The molecule has 130 valence electrons. The third-order valence-electron chi connectivity index (χ3n) is 4.87. The lowest BCUT2D eigenvalue weighted by Crippen LogP contribution is -2.42. The molecule has 1 aromatic heterocycles. The second kappa shape index (κ2) is 6.98. The Bertz CT molecular complexity index is 643. The van der Waals surface area contributed by atoms with Gasteiger partial charge in [0.2, 0.25) is 0 Å². The number of benzene rings is 1. The molecule has 0 saturated carbocycles. The van der Waals surface area contributed by atoms with Crippen LogP contribution < -0.4 is 10.2 Å². The van der Waals surface area contributed by atoms with Crippen LogP contribution in [0.4, 0.5) is 5.69 Å². The van der Waals surface area contributed by atoms with Gasteiger partial charge in [0, 0.05) is 42.5 Å². The second-order valence-corrected chi connectivity index (χ2v) is 8.01. The molecule has 1 saturated heterocycles. The van der Waals surface area contributed by atoms with Crippen LogP contribution in [0.5, 0.6) is 0 Å². The summed E-state index contributed by atoms with van der Waals surface area (Å²) < 4.78 is 0. The number of piperidine rings is 1. The summed E-state index contributed by atoms with van der Waals surface area (Å²) in [7, 11) is 0. The summed E-state index contributed by atoms with van der Waals surface area (Å²) in [6.45, 7) is 11.8. The van der Waals surface area contributed by atoms with Gasteiger partial charge in [0.1, 0.15) is 0 Å². The summed E-state index contributed by atoms with van der Waals surface area (Å²) in [5.41, 5.74) is 5.09. The number of aromatic nitrogens is 2. The molecule has 0 unspecified atom stereocenters. The van der Waals surface area contributed by atoms with Crippen LogP contribution in [0.15, 0.2) is 30.3 Å². The summed E-state index contributed by atoms with van der Waals surface area (Å²) in [4.78, 5) is 2.49. The standard InChI is InChI=1S/C20H30N4/c1-15-5-7-18(8-6-15)24-11-9-16(10-12-24)21-14-17-13-19(23-22-17)20(2,3)4/h5-8,13,16,21H,9-12,14H2,1-4H3,(H,22,23). The van der Waals surface area contributed by atoms with Crippen LogP contribution in [0.25, 0.3) is 0 Å². The van der Waals surface area contributed by atoms with Crippen molar-refractivity contribution in [1.29, 1.82) is 0 Å². The molecule has 2 heterocycles. The third-order valence-corrected chi connectivity index (χ3v) is 4.87. The lowest BCUT2D eigenvalue weighted by Gasteiger charge is -2.34. The SMILES string of the molecule is Cc1ccc(N2CCC(NCc3cc(C(C)(C)C)n[nH]3)CC2)cc1. The van der Waals surface area contributed by atoms with Crippen molar-refractivity contribution in [3.63, 3.8) is 0 Å². The van der Waals surface area contributed by atoms with Crippen molar-refractivity contribution in [3.8, 4) is 0 Å². The summed E-state index contributed by atoms with van der Waals surface area (Å²) in [6.07, 6.45) is 2.38. The lowest BCUT2D eigenvalue weighted by atomic mass is 9.92. The highest BCUT2D eigenvalue weighted by Crippen LogP contribution is 2.22. The van der Waals surface area contributed by atoms with Crippen molar-refractivity contribution in [3.05, 3.63) is 47.3 Å². The van der Waals surface area contributed by atoms with Gasteiger partial charge in [0.25, 0.3) is 0 Å². The van der Waals surface area contributed by atoms with E-state index in [0.29, 0.717) is 6.04 Å². The molecule has 2 N–H and O–H groups in total. The highest BCUT2D eigenvalue weighted by molar-refractivity contribution is 5.47. The Morgan fingerprint density at radius 1 is 1.17 bits per heavy atom. The minimum absolute atomic E-state index is 0.105. The molecular weight excluding hydrogens is 296 g/mol. The van der Waals surface area contributed by atoms with Crippen molar-refractivity contribution >= 4 is 5.69 Å². The van der Waals surface area contributed by atoms with Crippen LogP contribution in [0.1, 0.15) is 50.6 Å². The van der Waals surface area contributed by atoms with Crippen LogP contribution in [0.2, 0.25) is 0 Å². The minimum Gasteiger partial charge on any atom is -0.371 e. The number of H-pyrrole nitrogens is 1. The fourth-order valence-electron chi connectivity index (χ4n) is 3.19. The van der Waals surface area contributed by atoms with E-state index in [2.05, 4.69) is 78.4 Å². The molecule has 0 radical (unpaired) electrons. The van der Waals surface area contributed by atoms with Gasteiger partial charge in [-0.15, -0.1) is 0 Å². The maximum absolute atomic E-state index is 4.44. The molecule has 0 aliphatic carbocycles. The highest BCUT2D eigenvalue weighted by atomic mass is 15.2. The smallest absolute Gasteiger partial charge is 0.0678 e. The molecule has 0 atom stereocenters. The number of anilines is 1. The molecule has 3 rings (SSSR count). The maximum atomic E-state index is 4.44. The van der Waals surface area contributed by atoms with Gasteiger partial charge >= 0.3 is 0 Å². The van der Waals surface area contributed by atoms with E-state index in [1.165, 1.54) is 29.8 Å². The van der Waals surface area contributed by atoms with E-state index in [4.69, 9.17) is 0 Å². The summed E-state index contributed by atoms with van der Waals surface area (Å²) in [5.74, 6) is 0. The molecule has 1 aromatic carbocycles. The average Bonchev–Trinajstić information content (AvgIpc) is 3.04. The molecule has 0 bridgehead atoms. The number of nitrogens with zero attached hydrogens (tertiary/aromatic N) is 2. The minimum atomic E-state index is 0.105. The lowest BCUT2D eigenvalue weighted by molar-refractivity contribution is 0.412.